The molecular weight excluding hydrogens is 502 g/mol. The van der Waals surface area contributed by atoms with Crippen LogP contribution in [-0.4, -0.2) is 45.4 Å². The molecule has 0 aliphatic carbocycles. The van der Waals surface area contributed by atoms with Crippen LogP contribution in [0.4, 0.5) is 4.79 Å². The van der Waals surface area contributed by atoms with Crippen molar-refractivity contribution in [2.75, 3.05) is 0 Å². The maximum Gasteiger partial charge on any atom is 0.412 e. The monoisotopic (exact) mass is 536 g/mol. The Kier molecular flexibility index (Phi) is 6.89. The second-order valence-corrected chi connectivity index (χ2v) is 17.1. The fourth-order valence-corrected chi connectivity index (χ4v) is 5.55. The molecule has 0 saturated heterocycles. The molecule has 0 radical (unpaired) electrons. The van der Waals surface area contributed by atoms with Crippen molar-refractivity contribution in [1.82, 2.24) is 14.9 Å². The first-order valence-corrected chi connectivity index (χ1v) is 16.0. The molecule has 2 aromatic heterocycles. The lowest BCUT2D eigenvalue weighted by molar-refractivity contribution is 0.0366. The molecule has 1 amide bonds. The summed E-state index contributed by atoms with van der Waals surface area (Å²) >= 11 is 1.33. The van der Waals surface area contributed by atoms with Crippen LogP contribution in [0.15, 0.2) is 54.6 Å². The fraction of sp³-hybridized carbons (Fsp3) is 0.357. The number of carbonyl (C=O) groups is 1. The van der Waals surface area contributed by atoms with Gasteiger partial charge in [0.05, 0.1) is 0 Å². The number of hydrogen-bond donors (Lipinski definition) is 1. The van der Waals surface area contributed by atoms with Crippen LogP contribution in [0, 0.1) is 5.37 Å². The zero-order chi connectivity index (χ0) is 27.2. The van der Waals surface area contributed by atoms with Crippen LogP contribution in [0.5, 0.6) is 5.75 Å². The quantitative estimate of drug-likeness (QED) is 0.101. The van der Waals surface area contributed by atoms with Gasteiger partial charge >= 0.3 is 6.09 Å². The average Bonchev–Trinajstić information content (AvgIpc) is 3.41. The highest BCUT2D eigenvalue weighted by atomic mass is 32.1. The maximum absolute atomic E-state index is 13.3. The summed E-state index contributed by atoms with van der Waals surface area (Å²) in [5.74, 6) is 0.708. The Morgan fingerprint density at radius 3 is 2.46 bits per heavy atom. The topological polar surface area (TPSA) is 84.8 Å². The molecule has 0 unspecified atom stereocenters. The number of fused-ring (bicyclic) bond motifs is 1. The summed E-state index contributed by atoms with van der Waals surface area (Å²) in [6.45, 7) is 16.4. The number of rotatable bonds is 4. The standard InChI is InChI=1S/C28H34N3O4SSi/c1-27(2,3)34-26(33)31-23(17-36-25(31)18-10-9-13-29-15-18)24(32)21-16-30-22-14-19(11-12-20(21)22)35-37(7,8)28(4,5)6/h9-17,32H,1-8H3/q-1. The lowest BCUT2D eigenvalue weighted by Crippen LogP contribution is -2.43. The largest absolute Gasteiger partial charge is 0.578 e. The maximum atomic E-state index is 13.3. The summed E-state index contributed by atoms with van der Waals surface area (Å²) in [6, 6.07) is 9.39. The van der Waals surface area contributed by atoms with E-state index in [1.807, 2.05) is 45.0 Å². The van der Waals surface area contributed by atoms with Gasteiger partial charge in [-0.05, 0) is 50.6 Å². The van der Waals surface area contributed by atoms with E-state index in [1.165, 1.54) is 16.3 Å². The number of ether oxygens (including phenoxy) is 1. The fourth-order valence-electron chi connectivity index (χ4n) is 3.55. The highest BCUT2D eigenvalue weighted by Crippen LogP contribution is 2.39. The molecule has 1 N–H and O–H groups in total. The van der Waals surface area contributed by atoms with Crippen molar-refractivity contribution in [1.29, 1.82) is 0 Å². The normalized spacial score (nSPS) is 15.9. The summed E-state index contributed by atoms with van der Waals surface area (Å²) in [5, 5.41) is 14.6. The molecule has 3 heterocycles. The van der Waals surface area contributed by atoms with E-state index in [0.717, 1.165) is 16.7 Å². The zero-order valence-corrected chi connectivity index (χ0v) is 24.4. The molecule has 1 aliphatic rings. The predicted octanol–water partition coefficient (Wildman–Crippen LogP) is 6.63. The third kappa shape index (κ3) is 5.52. The molecule has 37 heavy (non-hydrogen) atoms. The highest BCUT2D eigenvalue weighted by molar-refractivity contribution is 7.81. The van der Waals surface area contributed by atoms with Crippen molar-refractivity contribution < 1.29 is 19.1 Å². The lowest BCUT2D eigenvalue weighted by atomic mass is 10.1. The highest BCUT2D eigenvalue weighted by Gasteiger charge is 2.41. The Balaban J connectivity index is 1.73. The minimum atomic E-state index is -2.01. The van der Waals surface area contributed by atoms with Gasteiger partial charge in [0, 0.05) is 5.75 Å². The van der Waals surface area contributed by atoms with Gasteiger partial charge in [-0.15, -0.1) is 12.1 Å². The Labute approximate surface area is 223 Å². The Hall–Kier alpha value is -3.30. The van der Waals surface area contributed by atoms with Gasteiger partial charge in [0.15, 0.2) is 11.4 Å². The van der Waals surface area contributed by atoms with Gasteiger partial charge in [-0.3, -0.25) is 0 Å². The first kappa shape index (κ1) is 26.8. The van der Waals surface area contributed by atoms with E-state index in [-0.39, 0.29) is 10.8 Å². The van der Waals surface area contributed by atoms with Crippen LogP contribution < -0.4 is 4.43 Å². The minimum Gasteiger partial charge on any atom is -0.578 e. The summed E-state index contributed by atoms with van der Waals surface area (Å²) in [7, 11) is -2.01. The molecule has 3 aromatic rings. The van der Waals surface area contributed by atoms with Crippen molar-refractivity contribution in [2.45, 2.75) is 65.3 Å². The van der Waals surface area contributed by atoms with E-state index < -0.39 is 20.0 Å². The van der Waals surface area contributed by atoms with Gasteiger partial charge in [-0.1, -0.05) is 61.8 Å². The van der Waals surface area contributed by atoms with Crippen molar-refractivity contribution in [3.63, 3.8) is 0 Å². The first-order valence-electron chi connectivity index (χ1n) is 12.2. The van der Waals surface area contributed by atoms with E-state index >= 15 is 0 Å². The summed E-state index contributed by atoms with van der Waals surface area (Å²) in [4.78, 5) is 23.4. The number of benzene rings is 1. The van der Waals surface area contributed by atoms with Gasteiger partial charge < -0.3 is 24.2 Å². The van der Waals surface area contributed by atoms with Crippen molar-refractivity contribution in [3.8, 4) is 5.75 Å². The van der Waals surface area contributed by atoms with Crippen LogP contribution >= 0.6 is 0 Å². The second-order valence-electron chi connectivity index (χ2n) is 11.5. The van der Waals surface area contributed by atoms with Crippen LogP contribution in [0.1, 0.15) is 52.7 Å². The van der Waals surface area contributed by atoms with E-state index in [2.05, 4.69) is 43.8 Å². The predicted molar refractivity (Wildman–Crippen MR) is 153 cm³/mol. The smallest absolute Gasteiger partial charge is 0.412 e. The number of aliphatic hydroxyl groups is 1. The van der Waals surface area contributed by atoms with E-state index in [0.29, 0.717) is 22.2 Å². The first-order chi connectivity index (χ1) is 17.2. The molecule has 0 fully saturated rings. The molecule has 0 atom stereocenters. The number of aromatic nitrogens is 2. The zero-order valence-electron chi connectivity index (χ0n) is 22.6. The average molecular weight is 537 g/mol. The number of pyridine rings is 1. The van der Waals surface area contributed by atoms with Crippen LogP contribution in [0.3, 0.4) is 0 Å². The summed E-state index contributed by atoms with van der Waals surface area (Å²) in [5.41, 5.74) is 1.61. The second kappa shape index (κ2) is 9.53. The Morgan fingerprint density at radius 2 is 1.84 bits per heavy atom. The number of carbonyl (C=O) groups excluding carboxylic acids is 1. The molecule has 196 valence electrons. The van der Waals surface area contributed by atoms with Crippen molar-refractivity contribution in [3.05, 3.63) is 71.1 Å². The van der Waals surface area contributed by atoms with Crippen molar-refractivity contribution in [2.24, 2.45) is 0 Å². The van der Waals surface area contributed by atoms with Gasteiger partial charge in [0.25, 0.3) is 0 Å². The third-order valence-corrected chi connectivity index (χ3v) is 11.8. The molecule has 4 rings (SSSR count). The van der Waals surface area contributed by atoms with Gasteiger partial charge in [0.2, 0.25) is 19.1 Å². The minimum absolute atomic E-state index is 0.0576. The van der Waals surface area contributed by atoms with Gasteiger partial charge in [0.1, 0.15) is 17.1 Å². The van der Waals surface area contributed by atoms with Crippen LogP contribution in [0.25, 0.3) is 16.7 Å². The molecule has 9 heteroatoms. The molecule has 1 aromatic carbocycles. The van der Waals surface area contributed by atoms with Crippen LogP contribution in [-0.2, 0) is 16.1 Å². The molecule has 7 nitrogen and oxygen atoms in total. The number of hydrogen-bond acceptors (Lipinski definition) is 6. The molecule has 0 bridgehead atoms. The van der Waals surface area contributed by atoms with E-state index in [9.17, 15) is 9.90 Å². The summed E-state index contributed by atoms with van der Waals surface area (Å²) in [6.07, 6.45) is 4.39. The number of amides is 1. The molecule has 0 saturated carbocycles. The SMILES string of the molecule is CC(C)(C)OC(=O)N1C(=C(O)c2cn[c-]3cc(O[Si](C)(C)C(C)(C)C)ccc23)C=[S+][C-]1c1cccnc1. The Morgan fingerprint density at radius 1 is 1.11 bits per heavy atom. The number of aliphatic hydroxyl groups excluding tert-OH is 1. The van der Waals surface area contributed by atoms with Gasteiger partial charge in [-0.2, -0.15) is 6.07 Å². The number of allylic oxidation sites excluding steroid dienone is 1. The lowest BCUT2D eigenvalue weighted by Gasteiger charge is -2.38. The number of nitrogens with zero attached hydrogens (tertiary/aromatic N) is 3. The molecule has 1 aliphatic heterocycles. The van der Waals surface area contributed by atoms with E-state index in [4.69, 9.17) is 9.16 Å². The summed E-state index contributed by atoms with van der Waals surface area (Å²) < 4.78 is 12.1. The molecule has 0 spiro atoms. The molecular formula is C28H34N3O4SSi-. The van der Waals surface area contributed by atoms with Gasteiger partial charge in [-0.25, -0.2) is 9.69 Å². The van der Waals surface area contributed by atoms with Crippen molar-refractivity contribution >= 4 is 47.8 Å². The van der Waals surface area contributed by atoms with Crippen LogP contribution in [0.2, 0.25) is 18.1 Å². The Bertz CT molecular complexity index is 1370. The third-order valence-electron chi connectivity index (χ3n) is 6.48. The van der Waals surface area contributed by atoms with E-state index in [1.54, 1.807) is 30.0 Å².